The largest absolute Gasteiger partial charge is 0.314 e. The van der Waals surface area contributed by atoms with E-state index < -0.39 is 0 Å². The highest BCUT2D eigenvalue weighted by molar-refractivity contribution is 7.19. The van der Waals surface area contributed by atoms with Crippen molar-refractivity contribution in [3.63, 3.8) is 0 Å². The predicted molar refractivity (Wildman–Crippen MR) is 108 cm³/mol. The van der Waals surface area contributed by atoms with Gasteiger partial charge in [0.25, 0.3) is 5.91 Å². The number of nitrogens with zero attached hydrogens (tertiary/aromatic N) is 3. The molecule has 2 aromatic heterocycles. The molecule has 1 aliphatic heterocycles. The van der Waals surface area contributed by atoms with Crippen molar-refractivity contribution in [3.05, 3.63) is 66.1 Å². The Labute approximate surface area is 162 Å². The molecular weight excluding hydrogens is 358 g/mol. The molecule has 6 nitrogen and oxygen atoms in total. The lowest BCUT2D eigenvalue weighted by Gasteiger charge is -2.27. The maximum atomic E-state index is 12.5. The molecule has 138 valence electrons. The Bertz CT molecular complexity index is 888. The summed E-state index contributed by atoms with van der Waals surface area (Å²) in [5.41, 5.74) is 2.87. The Kier molecular flexibility index (Phi) is 5.53. The summed E-state index contributed by atoms with van der Waals surface area (Å²) in [6.07, 6.45) is 5.16. The van der Waals surface area contributed by atoms with Gasteiger partial charge in [-0.05, 0) is 29.8 Å². The van der Waals surface area contributed by atoms with Crippen molar-refractivity contribution in [2.24, 2.45) is 0 Å². The topological polar surface area (TPSA) is 70.2 Å². The highest BCUT2D eigenvalue weighted by atomic mass is 32.1. The standard InChI is InChI=1S/C20H21N5OS/c26-19(24-18-13-23-20(27-18)17-5-7-21-8-6-17)16-3-1-15(2-4-16)14-25-11-9-22-10-12-25/h1-8,13,22H,9-12,14H2,(H,24,26). The first-order valence-electron chi connectivity index (χ1n) is 8.97. The second kappa shape index (κ2) is 8.39. The Hall–Kier alpha value is -2.61. The molecule has 1 fully saturated rings. The summed E-state index contributed by atoms with van der Waals surface area (Å²) in [4.78, 5) is 23.3. The van der Waals surface area contributed by atoms with E-state index in [2.05, 4.69) is 25.5 Å². The molecule has 27 heavy (non-hydrogen) atoms. The van der Waals surface area contributed by atoms with Crippen LogP contribution in [0.25, 0.3) is 10.6 Å². The zero-order valence-electron chi connectivity index (χ0n) is 14.9. The highest BCUT2D eigenvalue weighted by Gasteiger charge is 2.12. The number of nitrogens with one attached hydrogen (secondary N) is 2. The van der Waals surface area contributed by atoms with Gasteiger partial charge in [-0.15, -0.1) is 0 Å². The van der Waals surface area contributed by atoms with Gasteiger partial charge in [-0.25, -0.2) is 4.98 Å². The third-order valence-electron chi connectivity index (χ3n) is 4.50. The van der Waals surface area contributed by atoms with Crippen molar-refractivity contribution in [1.82, 2.24) is 20.2 Å². The van der Waals surface area contributed by atoms with Gasteiger partial charge in [0, 0.05) is 56.2 Å². The van der Waals surface area contributed by atoms with Gasteiger partial charge in [-0.1, -0.05) is 23.5 Å². The van der Waals surface area contributed by atoms with Gasteiger partial charge in [0.2, 0.25) is 0 Å². The lowest BCUT2D eigenvalue weighted by molar-refractivity contribution is 0.102. The molecular formula is C20H21N5OS. The maximum Gasteiger partial charge on any atom is 0.256 e. The van der Waals surface area contributed by atoms with Crippen molar-refractivity contribution in [2.75, 3.05) is 31.5 Å². The normalized spacial score (nSPS) is 14.8. The first kappa shape index (κ1) is 17.8. The van der Waals surface area contributed by atoms with Crippen molar-refractivity contribution < 1.29 is 4.79 Å². The number of hydrogen-bond acceptors (Lipinski definition) is 6. The van der Waals surface area contributed by atoms with Crippen LogP contribution in [0.1, 0.15) is 15.9 Å². The molecule has 1 saturated heterocycles. The van der Waals surface area contributed by atoms with Crippen LogP contribution in [0.15, 0.2) is 55.0 Å². The van der Waals surface area contributed by atoms with Crippen LogP contribution in [-0.4, -0.2) is 47.0 Å². The van der Waals surface area contributed by atoms with Crippen LogP contribution >= 0.6 is 11.3 Å². The minimum Gasteiger partial charge on any atom is -0.314 e. The minimum atomic E-state index is -0.117. The van der Waals surface area contributed by atoms with Crippen LogP contribution in [0.2, 0.25) is 0 Å². The molecule has 0 bridgehead atoms. The van der Waals surface area contributed by atoms with E-state index in [9.17, 15) is 4.79 Å². The molecule has 0 spiro atoms. The van der Waals surface area contributed by atoms with Crippen LogP contribution in [-0.2, 0) is 6.54 Å². The first-order valence-corrected chi connectivity index (χ1v) is 9.79. The monoisotopic (exact) mass is 379 g/mol. The molecule has 0 aliphatic carbocycles. The molecule has 0 radical (unpaired) electrons. The molecule has 7 heteroatoms. The fourth-order valence-corrected chi connectivity index (χ4v) is 3.85. The number of hydrogen-bond donors (Lipinski definition) is 2. The minimum absolute atomic E-state index is 0.117. The number of piperazine rings is 1. The molecule has 0 atom stereocenters. The third kappa shape index (κ3) is 4.57. The zero-order chi connectivity index (χ0) is 18.5. The number of carbonyl (C=O) groups excluding carboxylic acids is 1. The number of aromatic nitrogens is 2. The molecule has 1 amide bonds. The summed E-state index contributed by atoms with van der Waals surface area (Å²) < 4.78 is 0. The van der Waals surface area contributed by atoms with E-state index >= 15 is 0 Å². The highest BCUT2D eigenvalue weighted by Crippen LogP contribution is 2.28. The lowest BCUT2D eigenvalue weighted by atomic mass is 10.1. The summed E-state index contributed by atoms with van der Waals surface area (Å²) >= 11 is 1.45. The van der Waals surface area contributed by atoms with Crippen molar-refractivity contribution >= 4 is 22.2 Å². The van der Waals surface area contributed by atoms with E-state index in [0.717, 1.165) is 48.3 Å². The van der Waals surface area contributed by atoms with E-state index in [1.54, 1.807) is 18.6 Å². The Morgan fingerprint density at radius 2 is 1.85 bits per heavy atom. The second-order valence-electron chi connectivity index (χ2n) is 6.44. The molecule has 3 aromatic rings. The van der Waals surface area contributed by atoms with Crippen LogP contribution in [0, 0.1) is 0 Å². The smallest absolute Gasteiger partial charge is 0.256 e. The number of thiazole rings is 1. The molecule has 2 N–H and O–H groups in total. The number of pyridine rings is 1. The number of anilines is 1. The number of amides is 1. The Morgan fingerprint density at radius 1 is 1.11 bits per heavy atom. The number of carbonyl (C=O) groups is 1. The fraction of sp³-hybridized carbons (Fsp3) is 0.250. The molecule has 0 unspecified atom stereocenters. The summed E-state index contributed by atoms with van der Waals surface area (Å²) in [6, 6.07) is 11.6. The van der Waals surface area contributed by atoms with Crippen LogP contribution in [0.3, 0.4) is 0 Å². The van der Waals surface area contributed by atoms with Crippen LogP contribution in [0.5, 0.6) is 0 Å². The van der Waals surface area contributed by atoms with Crippen molar-refractivity contribution in [3.8, 4) is 10.6 Å². The van der Waals surface area contributed by atoms with Gasteiger partial charge < -0.3 is 10.6 Å². The summed E-state index contributed by atoms with van der Waals surface area (Å²) in [5, 5.41) is 7.88. The SMILES string of the molecule is O=C(Nc1cnc(-c2ccncc2)s1)c1ccc(CN2CCNCC2)cc1. The number of benzene rings is 1. The van der Waals surface area contributed by atoms with Crippen LogP contribution in [0.4, 0.5) is 5.00 Å². The maximum absolute atomic E-state index is 12.5. The van der Waals surface area contributed by atoms with E-state index in [1.165, 1.54) is 16.9 Å². The predicted octanol–water partition coefficient (Wildman–Crippen LogP) is 2.86. The molecule has 0 saturated carbocycles. The third-order valence-corrected chi connectivity index (χ3v) is 5.46. The Morgan fingerprint density at radius 3 is 2.59 bits per heavy atom. The fourth-order valence-electron chi connectivity index (χ4n) is 3.03. The van der Waals surface area contributed by atoms with Crippen molar-refractivity contribution in [2.45, 2.75) is 6.54 Å². The van der Waals surface area contributed by atoms with Gasteiger partial charge in [0.1, 0.15) is 10.0 Å². The average molecular weight is 379 g/mol. The van der Waals surface area contributed by atoms with E-state index in [4.69, 9.17) is 0 Å². The van der Waals surface area contributed by atoms with Gasteiger partial charge in [0.15, 0.2) is 0 Å². The zero-order valence-corrected chi connectivity index (χ0v) is 15.7. The number of rotatable bonds is 5. The van der Waals surface area contributed by atoms with Crippen molar-refractivity contribution in [1.29, 1.82) is 0 Å². The van der Waals surface area contributed by atoms with Gasteiger partial charge in [0.05, 0.1) is 6.20 Å². The first-order chi connectivity index (χ1) is 13.3. The molecule has 1 aliphatic rings. The van der Waals surface area contributed by atoms with Gasteiger partial charge in [-0.2, -0.15) is 0 Å². The quantitative estimate of drug-likeness (QED) is 0.713. The molecule has 1 aromatic carbocycles. The lowest BCUT2D eigenvalue weighted by Crippen LogP contribution is -2.42. The molecule has 4 rings (SSSR count). The summed E-state index contributed by atoms with van der Waals surface area (Å²) in [5.74, 6) is -0.117. The second-order valence-corrected chi connectivity index (χ2v) is 7.47. The van der Waals surface area contributed by atoms with E-state index in [1.807, 2.05) is 36.4 Å². The van der Waals surface area contributed by atoms with Gasteiger partial charge >= 0.3 is 0 Å². The summed E-state index contributed by atoms with van der Waals surface area (Å²) in [7, 11) is 0. The van der Waals surface area contributed by atoms with Gasteiger partial charge in [-0.3, -0.25) is 14.7 Å². The molecule has 3 heterocycles. The average Bonchev–Trinajstić information content (AvgIpc) is 3.18. The van der Waals surface area contributed by atoms with E-state index in [0.29, 0.717) is 5.56 Å². The van der Waals surface area contributed by atoms with Crippen LogP contribution < -0.4 is 10.6 Å². The Balaban J connectivity index is 1.37. The van der Waals surface area contributed by atoms with E-state index in [-0.39, 0.29) is 5.91 Å². The summed E-state index contributed by atoms with van der Waals surface area (Å²) in [6.45, 7) is 5.13.